The summed E-state index contributed by atoms with van der Waals surface area (Å²) in [6, 6.07) is 34.1. The molecule has 0 aliphatic heterocycles. The largest absolute Gasteiger partial charge is 0.356 e. The van der Waals surface area contributed by atoms with Crippen LogP contribution < -0.4 is 5.32 Å². The molecule has 0 amide bonds. The molecule has 1 N–H and O–H groups in total. The van der Waals surface area contributed by atoms with Crippen molar-refractivity contribution < 1.29 is 0 Å². The Kier molecular flexibility index (Phi) is 7.67. The van der Waals surface area contributed by atoms with Crippen molar-refractivity contribution in [2.75, 3.05) is 5.32 Å². The quantitative estimate of drug-likeness (QED) is 0.357. The lowest BCUT2D eigenvalue weighted by Crippen LogP contribution is -2.00. The normalized spacial score (nSPS) is 10.4. The average Bonchev–Trinajstić information content (AvgIpc) is 2.78. The van der Waals surface area contributed by atoms with Gasteiger partial charge in [-0.15, -0.1) is 0 Å². The molecular formula is C30H33N. The maximum atomic E-state index is 3.36. The second-order valence-electron chi connectivity index (χ2n) is 8.29. The lowest BCUT2D eigenvalue weighted by Gasteiger charge is -2.17. The lowest BCUT2D eigenvalue weighted by molar-refractivity contribution is 0.899. The van der Waals surface area contributed by atoms with E-state index >= 15 is 0 Å². The molecule has 0 aromatic heterocycles. The van der Waals surface area contributed by atoms with E-state index in [4.69, 9.17) is 0 Å². The van der Waals surface area contributed by atoms with E-state index in [1.165, 1.54) is 33.4 Å². The number of rotatable bonds is 4. The second-order valence-corrected chi connectivity index (χ2v) is 8.29. The smallest absolute Gasteiger partial charge is 0.0384 e. The number of anilines is 2. The van der Waals surface area contributed by atoms with E-state index in [1.54, 1.807) is 0 Å². The molecule has 0 unspecified atom stereocenters. The molecule has 0 spiro atoms. The summed E-state index contributed by atoms with van der Waals surface area (Å²) in [5, 5.41) is 3.36. The zero-order chi connectivity index (χ0) is 22.2. The summed E-state index contributed by atoms with van der Waals surface area (Å²) in [6.45, 7) is 10.8. The second kappa shape index (κ2) is 10.6. The maximum absolute atomic E-state index is 3.36. The van der Waals surface area contributed by atoms with E-state index < -0.39 is 0 Å². The van der Waals surface area contributed by atoms with Gasteiger partial charge in [0.2, 0.25) is 0 Å². The van der Waals surface area contributed by atoms with Gasteiger partial charge in [0.1, 0.15) is 0 Å². The Bertz CT molecular complexity index is 1000. The van der Waals surface area contributed by atoms with Crippen molar-refractivity contribution in [1.82, 2.24) is 0 Å². The number of hydrogen-bond donors (Lipinski definition) is 1. The van der Waals surface area contributed by atoms with Crippen molar-refractivity contribution in [3.63, 3.8) is 0 Å². The zero-order valence-corrected chi connectivity index (χ0v) is 19.3. The third-order valence-corrected chi connectivity index (χ3v) is 5.70. The highest BCUT2D eigenvalue weighted by atomic mass is 14.9. The lowest BCUT2D eigenvalue weighted by atomic mass is 9.88. The predicted molar refractivity (Wildman–Crippen MR) is 136 cm³/mol. The highest BCUT2D eigenvalue weighted by molar-refractivity contribution is 5.59. The number of aryl methyl sites for hydroxylation is 4. The number of nitrogens with one attached hydrogen (secondary N) is 1. The molecule has 1 heteroatoms. The van der Waals surface area contributed by atoms with Gasteiger partial charge in [-0.2, -0.15) is 0 Å². The number of benzene rings is 4. The summed E-state index contributed by atoms with van der Waals surface area (Å²) in [4.78, 5) is 0. The first-order valence-electron chi connectivity index (χ1n) is 11.0. The minimum Gasteiger partial charge on any atom is -0.356 e. The molecule has 158 valence electrons. The zero-order valence-electron chi connectivity index (χ0n) is 19.3. The average molecular weight is 408 g/mol. The van der Waals surface area contributed by atoms with Gasteiger partial charge in [0.05, 0.1) is 0 Å². The SMILES string of the molecule is Cc1ccc(Nc2ccc(C)cc2)cc1.Cc1ccccc1C(C)c1ccccc1C. The van der Waals surface area contributed by atoms with Crippen molar-refractivity contribution in [2.24, 2.45) is 0 Å². The Hall–Kier alpha value is -3.32. The molecule has 4 aromatic rings. The fourth-order valence-corrected chi connectivity index (χ4v) is 3.75. The maximum Gasteiger partial charge on any atom is 0.0384 e. The topological polar surface area (TPSA) is 12.0 Å². The highest BCUT2D eigenvalue weighted by Gasteiger charge is 2.11. The van der Waals surface area contributed by atoms with Gasteiger partial charge in [-0.1, -0.05) is 90.8 Å². The molecule has 0 heterocycles. The van der Waals surface area contributed by atoms with Gasteiger partial charge < -0.3 is 5.32 Å². The van der Waals surface area contributed by atoms with Crippen molar-refractivity contribution in [1.29, 1.82) is 0 Å². The predicted octanol–water partition coefficient (Wildman–Crippen LogP) is 8.50. The Labute approximate surface area is 187 Å². The number of hydrogen-bond acceptors (Lipinski definition) is 1. The third kappa shape index (κ3) is 6.33. The summed E-state index contributed by atoms with van der Waals surface area (Å²) < 4.78 is 0. The molecule has 0 bridgehead atoms. The van der Waals surface area contributed by atoms with E-state index in [0.29, 0.717) is 5.92 Å². The van der Waals surface area contributed by atoms with Gasteiger partial charge in [0.25, 0.3) is 0 Å². The fourth-order valence-electron chi connectivity index (χ4n) is 3.75. The van der Waals surface area contributed by atoms with Gasteiger partial charge in [-0.05, 0) is 74.2 Å². The molecule has 0 saturated carbocycles. The van der Waals surface area contributed by atoms with E-state index in [-0.39, 0.29) is 0 Å². The van der Waals surface area contributed by atoms with E-state index in [2.05, 4.69) is 137 Å². The Balaban J connectivity index is 0.000000176. The van der Waals surface area contributed by atoms with Crippen molar-refractivity contribution in [2.45, 2.75) is 40.5 Å². The molecule has 0 saturated heterocycles. The molecule has 0 fully saturated rings. The standard InChI is InChI=1S/C16H18.C14H15N/c1-12-8-4-6-10-15(12)14(3)16-11-7-5-9-13(16)2;1-11-3-7-13(8-4-11)15-14-9-5-12(2)6-10-14/h4-11,14H,1-3H3;3-10,15H,1-2H3. The Morgan fingerprint density at radius 1 is 0.484 bits per heavy atom. The van der Waals surface area contributed by atoms with Gasteiger partial charge in [-0.3, -0.25) is 0 Å². The molecule has 31 heavy (non-hydrogen) atoms. The molecule has 0 atom stereocenters. The summed E-state index contributed by atoms with van der Waals surface area (Å²) in [6.07, 6.45) is 0. The minimum atomic E-state index is 0.474. The molecule has 0 aliphatic carbocycles. The molecular weight excluding hydrogens is 374 g/mol. The van der Waals surface area contributed by atoms with E-state index in [0.717, 1.165) is 11.4 Å². The van der Waals surface area contributed by atoms with Crippen molar-refractivity contribution >= 4 is 11.4 Å². The molecule has 0 aliphatic rings. The van der Waals surface area contributed by atoms with Crippen LogP contribution in [-0.2, 0) is 0 Å². The van der Waals surface area contributed by atoms with Gasteiger partial charge in [-0.25, -0.2) is 0 Å². The van der Waals surface area contributed by atoms with Gasteiger partial charge in [0, 0.05) is 17.3 Å². The first kappa shape index (κ1) is 22.4. The monoisotopic (exact) mass is 407 g/mol. The van der Waals surface area contributed by atoms with Crippen LogP contribution in [0.3, 0.4) is 0 Å². The summed E-state index contributed by atoms with van der Waals surface area (Å²) in [5.41, 5.74) is 10.4. The molecule has 1 nitrogen and oxygen atoms in total. The molecule has 4 rings (SSSR count). The van der Waals surface area contributed by atoms with Crippen LogP contribution in [0.15, 0.2) is 97.1 Å². The van der Waals surface area contributed by atoms with Crippen molar-refractivity contribution in [3.8, 4) is 0 Å². The first-order valence-corrected chi connectivity index (χ1v) is 11.0. The summed E-state index contributed by atoms with van der Waals surface area (Å²) in [7, 11) is 0. The van der Waals surface area contributed by atoms with Crippen LogP contribution in [0.5, 0.6) is 0 Å². The minimum absolute atomic E-state index is 0.474. The van der Waals surface area contributed by atoms with Crippen LogP contribution in [0.25, 0.3) is 0 Å². The van der Waals surface area contributed by atoms with Crippen LogP contribution in [0.2, 0.25) is 0 Å². The first-order chi connectivity index (χ1) is 14.9. The Morgan fingerprint density at radius 3 is 1.19 bits per heavy atom. The van der Waals surface area contributed by atoms with Gasteiger partial charge in [0.15, 0.2) is 0 Å². The summed E-state index contributed by atoms with van der Waals surface area (Å²) >= 11 is 0. The van der Waals surface area contributed by atoms with Crippen molar-refractivity contribution in [3.05, 3.63) is 130 Å². The summed E-state index contributed by atoms with van der Waals surface area (Å²) in [5.74, 6) is 0.474. The van der Waals surface area contributed by atoms with Crippen LogP contribution in [0.1, 0.15) is 46.2 Å². The van der Waals surface area contributed by atoms with Crippen LogP contribution in [0, 0.1) is 27.7 Å². The fraction of sp³-hybridized carbons (Fsp3) is 0.200. The van der Waals surface area contributed by atoms with E-state index in [1.807, 2.05) is 0 Å². The van der Waals surface area contributed by atoms with Crippen LogP contribution in [0.4, 0.5) is 11.4 Å². The van der Waals surface area contributed by atoms with Crippen LogP contribution in [-0.4, -0.2) is 0 Å². The molecule has 0 radical (unpaired) electrons. The highest BCUT2D eigenvalue weighted by Crippen LogP contribution is 2.28. The van der Waals surface area contributed by atoms with Crippen LogP contribution >= 0.6 is 0 Å². The molecule has 4 aromatic carbocycles. The van der Waals surface area contributed by atoms with E-state index in [9.17, 15) is 0 Å². The third-order valence-electron chi connectivity index (χ3n) is 5.70. The van der Waals surface area contributed by atoms with Gasteiger partial charge >= 0.3 is 0 Å². The Morgan fingerprint density at radius 2 is 0.839 bits per heavy atom.